The molecule has 1 aromatic carbocycles. The van der Waals surface area contributed by atoms with Crippen LogP contribution < -0.4 is 14.8 Å². The monoisotopic (exact) mass is 237 g/mol. The standard InChI is InChI=1S/C14H23NO2/c1-10(2)11-6-7-13(16-4)14(17-5)12(11)8-9-15-3/h6-7,10,15H,8-9H2,1-5H3. The largest absolute Gasteiger partial charge is 0.493 e. The molecule has 0 heterocycles. The summed E-state index contributed by atoms with van der Waals surface area (Å²) in [6.07, 6.45) is 0.949. The third-order valence-electron chi connectivity index (χ3n) is 2.93. The van der Waals surface area contributed by atoms with E-state index >= 15 is 0 Å². The number of ether oxygens (including phenoxy) is 2. The predicted molar refractivity (Wildman–Crippen MR) is 71.3 cm³/mol. The van der Waals surface area contributed by atoms with Crippen molar-refractivity contribution in [2.24, 2.45) is 0 Å². The van der Waals surface area contributed by atoms with Crippen molar-refractivity contribution < 1.29 is 9.47 Å². The zero-order valence-electron chi connectivity index (χ0n) is 11.5. The lowest BCUT2D eigenvalue weighted by Crippen LogP contribution is -2.13. The fourth-order valence-electron chi connectivity index (χ4n) is 2.05. The molecule has 0 spiro atoms. The molecule has 0 aromatic heterocycles. The molecule has 0 unspecified atom stereocenters. The van der Waals surface area contributed by atoms with Crippen LogP contribution in [0, 0.1) is 0 Å². The topological polar surface area (TPSA) is 30.5 Å². The van der Waals surface area contributed by atoms with Crippen LogP contribution in [0.25, 0.3) is 0 Å². The van der Waals surface area contributed by atoms with E-state index in [0.29, 0.717) is 5.92 Å². The average molecular weight is 237 g/mol. The van der Waals surface area contributed by atoms with Crippen LogP contribution in [-0.2, 0) is 6.42 Å². The summed E-state index contributed by atoms with van der Waals surface area (Å²) >= 11 is 0. The summed E-state index contributed by atoms with van der Waals surface area (Å²) in [6.45, 7) is 5.33. The van der Waals surface area contributed by atoms with Crippen molar-refractivity contribution in [3.63, 3.8) is 0 Å². The van der Waals surface area contributed by atoms with Gasteiger partial charge in [0.05, 0.1) is 14.2 Å². The zero-order chi connectivity index (χ0) is 12.8. The summed E-state index contributed by atoms with van der Waals surface area (Å²) < 4.78 is 10.8. The Morgan fingerprint density at radius 2 is 1.88 bits per heavy atom. The molecule has 0 radical (unpaired) electrons. The molecular formula is C14H23NO2. The molecule has 0 atom stereocenters. The second-order valence-electron chi connectivity index (χ2n) is 4.38. The molecule has 0 amide bonds. The molecule has 1 N–H and O–H groups in total. The van der Waals surface area contributed by atoms with Gasteiger partial charge in [0.2, 0.25) is 0 Å². The van der Waals surface area contributed by atoms with Gasteiger partial charge in [0.15, 0.2) is 11.5 Å². The molecule has 3 heteroatoms. The predicted octanol–water partition coefficient (Wildman–Crippen LogP) is 2.59. The van der Waals surface area contributed by atoms with Crippen LogP contribution in [0.1, 0.15) is 30.9 Å². The van der Waals surface area contributed by atoms with Gasteiger partial charge in [0, 0.05) is 5.56 Å². The number of rotatable bonds is 6. The highest BCUT2D eigenvalue weighted by Gasteiger charge is 2.16. The molecule has 0 saturated carbocycles. The molecule has 0 aliphatic rings. The third-order valence-corrected chi connectivity index (χ3v) is 2.93. The second-order valence-corrected chi connectivity index (χ2v) is 4.38. The minimum Gasteiger partial charge on any atom is -0.493 e. The molecule has 1 rings (SSSR count). The van der Waals surface area contributed by atoms with E-state index in [1.165, 1.54) is 11.1 Å². The maximum absolute atomic E-state index is 5.50. The molecule has 0 aliphatic carbocycles. The summed E-state index contributed by atoms with van der Waals surface area (Å²) in [5, 5.41) is 3.17. The number of nitrogens with one attached hydrogen (secondary N) is 1. The molecule has 0 saturated heterocycles. The molecule has 0 fully saturated rings. The SMILES string of the molecule is CNCCc1c(C(C)C)ccc(OC)c1OC. The molecule has 0 aliphatic heterocycles. The Balaban J connectivity index is 3.23. The van der Waals surface area contributed by atoms with Gasteiger partial charge in [-0.15, -0.1) is 0 Å². The first kappa shape index (κ1) is 13.8. The Hall–Kier alpha value is -1.22. The Kier molecular flexibility index (Phi) is 5.29. The Labute approximate surface area is 104 Å². The van der Waals surface area contributed by atoms with Crippen LogP contribution >= 0.6 is 0 Å². The fourth-order valence-corrected chi connectivity index (χ4v) is 2.05. The molecule has 17 heavy (non-hydrogen) atoms. The number of benzene rings is 1. The van der Waals surface area contributed by atoms with E-state index in [9.17, 15) is 0 Å². The van der Waals surface area contributed by atoms with Crippen LogP contribution in [0.5, 0.6) is 11.5 Å². The second kappa shape index (κ2) is 6.50. The van der Waals surface area contributed by atoms with Crippen LogP contribution in [-0.4, -0.2) is 27.8 Å². The average Bonchev–Trinajstić information content (AvgIpc) is 2.34. The minimum atomic E-state index is 0.488. The highest BCUT2D eigenvalue weighted by Crippen LogP contribution is 2.36. The number of hydrogen-bond acceptors (Lipinski definition) is 3. The summed E-state index contributed by atoms with van der Waals surface area (Å²) in [5.41, 5.74) is 2.58. The summed E-state index contributed by atoms with van der Waals surface area (Å²) in [5.74, 6) is 2.17. The first-order chi connectivity index (χ1) is 8.15. The van der Waals surface area contributed by atoms with E-state index in [0.717, 1.165) is 24.5 Å². The van der Waals surface area contributed by atoms with Crippen molar-refractivity contribution in [2.45, 2.75) is 26.2 Å². The molecular weight excluding hydrogens is 214 g/mol. The van der Waals surface area contributed by atoms with Gasteiger partial charge in [-0.1, -0.05) is 19.9 Å². The van der Waals surface area contributed by atoms with E-state index in [1.54, 1.807) is 14.2 Å². The van der Waals surface area contributed by atoms with Gasteiger partial charge in [-0.25, -0.2) is 0 Å². The Morgan fingerprint density at radius 3 is 2.35 bits per heavy atom. The highest BCUT2D eigenvalue weighted by atomic mass is 16.5. The zero-order valence-corrected chi connectivity index (χ0v) is 11.5. The van der Waals surface area contributed by atoms with Crippen molar-refractivity contribution in [1.29, 1.82) is 0 Å². The van der Waals surface area contributed by atoms with E-state index in [1.807, 2.05) is 13.1 Å². The molecule has 96 valence electrons. The number of methoxy groups -OCH3 is 2. The van der Waals surface area contributed by atoms with Gasteiger partial charge in [-0.3, -0.25) is 0 Å². The summed E-state index contributed by atoms with van der Waals surface area (Å²) in [4.78, 5) is 0. The molecule has 0 bridgehead atoms. The molecule has 3 nitrogen and oxygen atoms in total. The van der Waals surface area contributed by atoms with Gasteiger partial charge >= 0.3 is 0 Å². The van der Waals surface area contributed by atoms with Crippen molar-refractivity contribution in [3.05, 3.63) is 23.3 Å². The lowest BCUT2D eigenvalue weighted by molar-refractivity contribution is 0.350. The van der Waals surface area contributed by atoms with E-state index in [2.05, 4.69) is 25.2 Å². The van der Waals surface area contributed by atoms with Crippen LogP contribution in [0.4, 0.5) is 0 Å². The van der Waals surface area contributed by atoms with E-state index < -0.39 is 0 Å². The lowest BCUT2D eigenvalue weighted by Gasteiger charge is -2.19. The fraction of sp³-hybridized carbons (Fsp3) is 0.571. The Morgan fingerprint density at radius 1 is 1.18 bits per heavy atom. The van der Waals surface area contributed by atoms with Crippen molar-refractivity contribution in [1.82, 2.24) is 5.32 Å². The van der Waals surface area contributed by atoms with Crippen LogP contribution in [0.15, 0.2) is 12.1 Å². The number of hydrogen-bond donors (Lipinski definition) is 1. The smallest absolute Gasteiger partial charge is 0.164 e. The van der Waals surface area contributed by atoms with E-state index in [-0.39, 0.29) is 0 Å². The van der Waals surface area contributed by atoms with E-state index in [4.69, 9.17) is 9.47 Å². The third kappa shape index (κ3) is 3.13. The van der Waals surface area contributed by atoms with Crippen molar-refractivity contribution >= 4 is 0 Å². The maximum Gasteiger partial charge on any atom is 0.164 e. The summed E-state index contributed by atoms with van der Waals surface area (Å²) in [6, 6.07) is 4.12. The lowest BCUT2D eigenvalue weighted by atomic mass is 9.94. The highest BCUT2D eigenvalue weighted by molar-refractivity contribution is 5.51. The summed E-state index contributed by atoms with van der Waals surface area (Å²) in [7, 11) is 5.33. The first-order valence-corrected chi connectivity index (χ1v) is 6.04. The maximum atomic E-state index is 5.50. The van der Waals surface area contributed by atoms with Gasteiger partial charge in [0.1, 0.15) is 0 Å². The van der Waals surface area contributed by atoms with Crippen molar-refractivity contribution in [2.75, 3.05) is 27.8 Å². The van der Waals surface area contributed by atoms with Gasteiger partial charge in [-0.05, 0) is 37.6 Å². The van der Waals surface area contributed by atoms with Gasteiger partial charge in [-0.2, -0.15) is 0 Å². The van der Waals surface area contributed by atoms with Crippen LogP contribution in [0.3, 0.4) is 0 Å². The van der Waals surface area contributed by atoms with Gasteiger partial charge < -0.3 is 14.8 Å². The Bertz CT molecular complexity index is 361. The first-order valence-electron chi connectivity index (χ1n) is 6.04. The van der Waals surface area contributed by atoms with Crippen molar-refractivity contribution in [3.8, 4) is 11.5 Å². The van der Waals surface area contributed by atoms with Gasteiger partial charge in [0.25, 0.3) is 0 Å². The molecule has 1 aromatic rings. The van der Waals surface area contributed by atoms with Crippen LogP contribution in [0.2, 0.25) is 0 Å². The minimum absolute atomic E-state index is 0.488. The number of likely N-dealkylation sites (N-methyl/N-ethyl adjacent to an activating group) is 1. The quantitative estimate of drug-likeness (QED) is 0.825. The normalized spacial score (nSPS) is 10.7.